The summed E-state index contributed by atoms with van der Waals surface area (Å²) >= 11 is 0. The van der Waals surface area contributed by atoms with Crippen molar-refractivity contribution in [2.24, 2.45) is 0 Å². The van der Waals surface area contributed by atoms with Crippen molar-refractivity contribution in [3.8, 4) is 0 Å². The molecule has 167 valence electrons. The zero-order chi connectivity index (χ0) is 21.6. The maximum Gasteiger partial charge on any atom is 0.416 e. The Labute approximate surface area is 176 Å². The Hall–Kier alpha value is -1.64. The summed E-state index contributed by atoms with van der Waals surface area (Å²) in [6.45, 7) is 8.18. The van der Waals surface area contributed by atoms with Crippen molar-refractivity contribution >= 4 is 5.91 Å². The number of ether oxygens (including phenoxy) is 2. The minimum atomic E-state index is -4.37. The van der Waals surface area contributed by atoms with Gasteiger partial charge in [0.05, 0.1) is 17.8 Å². The number of amides is 1. The van der Waals surface area contributed by atoms with Crippen LogP contribution in [0.4, 0.5) is 13.2 Å². The van der Waals surface area contributed by atoms with Gasteiger partial charge in [-0.05, 0) is 63.4 Å². The Bertz CT molecular complexity index is 680. The van der Waals surface area contributed by atoms with Crippen molar-refractivity contribution in [1.82, 2.24) is 9.80 Å². The molecule has 2 heterocycles. The number of carbonyl (C=O) groups excluding carboxylic acids is 1. The molecule has 1 radical (unpaired) electrons. The predicted octanol–water partition coefficient (Wildman–Crippen LogP) is 3.49. The van der Waals surface area contributed by atoms with E-state index in [-0.39, 0.29) is 19.1 Å². The molecule has 2 aliphatic heterocycles. The van der Waals surface area contributed by atoms with Gasteiger partial charge in [0.1, 0.15) is 6.61 Å². The summed E-state index contributed by atoms with van der Waals surface area (Å²) in [5, 5.41) is 0. The van der Waals surface area contributed by atoms with E-state index in [0.717, 1.165) is 37.3 Å². The monoisotopic (exact) mass is 427 g/mol. The lowest BCUT2D eigenvalue weighted by atomic mass is 9.83. The molecular weight excluding hydrogens is 397 g/mol. The predicted molar refractivity (Wildman–Crippen MR) is 107 cm³/mol. The van der Waals surface area contributed by atoms with Crippen LogP contribution in [0.25, 0.3) is 0 Å². The largest absolute Gasteiger partial charge is 0.416 e. The van der Waals surface area contributed by atoms with Crippen LogP contribution in [0, 0.1) is 6.92 Å². The lowest BCUT2D eigenvalue weighted by Gasteiger charge is -2.42. The smallest absolute Gasteiger partial charge is 0.372 e. The average molecular weight is 427 g/mol. The zero-order valence-corrected chi connectivity index (χ0v) is 17.3. The number of halogens is 3. The highest BCUT2D eigenvalue weighted by Gasteiger charge is 2.39. The Morgan fingerprint density at radius 1 is 1.07 bits per heavy atom. The van der Waals surface area contributed by atoms with E-state index < -0.39 is 17.3 Å². The number of hydrogen-bond acceptors (Lipinski definition) is 4. The van der Waals surface area contributed by atoms with E-state index in [4.69, 9.17) is 9.47 Å². The van der Waals surface area contributed by atoms with Crippen LogP contribution >= 0.6 is 0 Å². The summed E-state index contributed by atoms with van der Waals surface area (Å²) < 4.78 is 50.4. The van der Waals surface area contributed by atoms with Gasteiger partial charge >= 0.3 is 6.18 Å². The van der Waals surface area contributed by atoms with Gasteiger partial charge < -0.3 is 19.3 Å². The van der Waals surface area contributed by atoms with Crippen LogP contribution < -0.4 is 0 Å². The van der Waals surface area contributed by atoms with E-state index in [9.17, 15) is 18.0 Å². The van der Waals surface area contributed by atoms with E-state index in [2.05, 4.69) is 11.8 Å². The number of alkyl halides is 3. The topological polar surface area (TPSA) is 42.0 Å². The van der Waals surface area contributed by atoms with E-state index >= 15 is 0 Å². The SMILES string of the molecule is [CH2]COCC(=O)N1CCC(OCCN2CCCC2)(c2ccc(C(F)(F)F)cc2)CC1. The fraction of sp³-hybridized carbons (Fsp3) is 0.636. The van der Waals surface area contributed by atoms with E-state index in [1.165, 1.54) is 25.0 Å². The first kappa shape index (κ1) is 23.0. The number of hydrogen-bond donors (Lipinski definition) is 0. The molecule has 1 aromatic carbocycles. The molecule has 2 saturated heterocycles. The van der Waals surface area contributed by atoms with Crippen molar-refractivity contribution in [3.63, 3.8) is 0 Å². The second kappa shape index (κ2) is 10.1. The van der Waals surface area contributed by atoms with Gasteiger partial charge in [-0.2, -0.15) is 13.2 Å². The number of benzene rings is 1. The average Bonchev–Trinajstić information content (AvgIpc) is 3.25. The number of likely N-dealkylation sites (tertiary alicyclic amines) is 2. The first-order valence-electron chi connectivity index (χ1n) is 10.5. The first-order chi connectivity index (χ1) is 14.3. The minimum Gasteiger partial charge on any atom is -0.372 e. The van der Waals surface area contributed by atoms with E-state index in [1.807, 2.05) is 0 Å². The second-order valence-electron chi connectivity index (χ2n) is 7.90. The summed E-state index contributed by atoms with van der Waals surface area (Å²) in [5.41, 5.74) is -0.622. The highest BCUT2D eigenvalue weighted by molar-refractivity contribution is 5.77. The Balaban J connectivity index is 1.70. The molecule has 1 amide bonds. The summed E-state index contributed by atoms with van der Waals surface area (Å²) in [4.78, 5) is 16.3. The molecule has 2 aliphatic rings. The third-order valence-corrected chi connectivity index (χ3v) is 6.02. The molecule has 0 saturated carbocycles. The van der Waals surface area contributed by atoms with Crippen molar-refractivity contribution < 1.29 is 27.4 Å². The van der Waals surface area contributed by atoms with Crippen molar-refractivity contribution in [2.75, 3.05) is 52.5 Å². The van der Waals surface area contributed by atoms with Gasteiger partial charge in [0.2, 0.25) is 5.91 Å². The van der Waals surface area contributed by atoms with Crippen molar-refractivity contribution in [1.29, 1.82) is 0 Å². The van der Waals surface area contributed by atoms with Gasteiger partial charge in [0.25, 0.3) is 0 Å². The van der Waals surface area contributed by atoms with Crippen molar-refractivity contribution in [2.45, 2.75) is 37.5 Å². The summed E-state index contributed by atoms with van der Waals surface area (Å²) in [7, 11) is 0. The van der Waals surface area contributed by atoms with Gasteiger partial charge in [-0.3, -0.25) is 4.79 Å². The third-order valence-electron chi connectivity index (χ3n) is 6.02. The summed E-state index contributed by atoms with van der Waals surface area (Å²) in [6.07, 6.45) is -0.915. The molecule has 2 fully saturated rings. The van der Waals surface area contributed by atoms with Crippen LogP contribution in [0.1, 0.15) is 36.8 Å². The quantitative estimate of drug-likeness (QED) is 0.637. The second-order valence-corrected chi connectivity index (χ2v) is 7.90. The highest BCUT2D eigenvalue weighted by atomic mass is 19.4. The highest BCUT2D eigenvalue weighted by Crippen LogP contribution is 2.38. The lowest BCUT2D eigenvalue weighted by molar-refractivity contribution is -0.144. The van der Waals surface area contributed by atoms with E-state index in [0.29, 0.717) is 32.5 Å². The standard InChI is InChI=1S/C22H30F3N2O3/c1-2-29-17-20(28)27-13-9-21(10-14-27,30-16-15-26-11-3-4-12-26)18-5-7-19(8-6-18)22(23,24)25/h5-8H,1-4,9-17H2. The van der Waals surface area contributed by atoms with Crippen LogP contribution in [0.15, 0.2) is 24.3 Å². The molecule has 0 bridgehead atoms. The molecule has 1 aromatic rings. The number of rotatable bonds is 8. The van der Waals surface area contributed by atoms with Crippen LogP contribution in [0.2, 0.25) is 0 Å². The van der Waals surface area contributed by atoms with Gasteiger partial charge in [0, 0.05) is 26.2 Å². The molecule has 0 aromatic heterocycles. The molecule has 0 aliphatic carbocycles. The zero-order valence-electron chi connectivity index (χ0n) is 17.3. The number of carbonyl (C=O) groups is 1. The Kier molecular flexibility index (Phi) is 7.76. The fourth-order valence-corrected chi connectivity index (χ4v) is 4.22. The maximum atomic E-state index is 13.0. The molecule has 0 unspecified atom stereocenters. The lowest BCUT2D eigenvalue weighted by Crippen LogP contribution is -2.48. The van der Waals surface area contributed by atoms with Crippen LogP contribution in [-0.2, 0) is 26.0 Å². The summed E-state index contributed by atoms with van der Waals surface area (Å²) in [5.74, 6) is -0.100. The normalized spacial score (nSPS) is 19.9. The molecule has 0 N–H and O–H groups in total. The van der Waals surface area contributed by atoms with Gasteiger partial charge in [-0.1, -0.05) is 12.1 Å². The van der Waals surface area contributed by atoms with Crippen LogP contribution in [0.5, 0.6) is 0 Å². The molecule has 0 atom stereocenters. The number of piperidine rings is 1. The van der Waals surface area contributed by atoms with Crippen LogP contribution in [0.3, 0.4) is 0 Å². The van der Waals surface area contributed by atoms with E-state index in [1.54, 1.807) is 4.90 Å². The van der Waals surface area contributed by atoms with Crippen molar-refractivity contribution in [3.05, 3.63) is 42.3 Å². The van der Waals surface area contributed by atoms with Gasteiger partial charge in [-0.15, -0.1) is 0 Å². The Morgan fingerprint density at radius 3 is 2.27 bits per heavy atom. The molecule has 3 rings (SSSR count). The fourth-order valence-electron chi connectivity index (χ4n) is 4.22. The number of nitrogens with zero attached hydrogens (tertiary/aromatic N) is 2. The van der Waals surface area contributed by atoms with Crippen LogP contribution in [-0.4, -0.2) is 68.3 Å². The molecule has 8 heteroatoms. The first-order valence-corrected chi connectivity index (χ1v) is 10.5. The Morgan fingerprint density at radius 2 is 1.70 bits per heavy atom. The molecular formula is C22H30F3N2O3. The molecule has 30 heavy (non-hydrogen) atoms. The van der Waals surface area contributed by atoms with Gasteiger partial charge in [-0.25, -0.2) is 0 Å². The molecule has 0 spiro atoms. The molecule has 5 nitrogen and oxygen atoms in total. The van der Waals surface area contributed by atoms with Gasteiger partial charge in [0.15, 0.2) is 0 Å². The third kappa shape index (κ3) is 5.74. The minimum absolute atomic E-state index is 0.00734. The summed E-state index contributed by atoms with van der Waals surface area (Å²) in [6, 6.07) is 5.26. The maximum absolute atomic E-state index is 13.0.